The average Bonchev–Trinajstić information content (AvgIpc) is 2.61. The van der Waals surface area contributed by atoms with Crippen LogP contribution in [0.3, 0.4) is 0 Å². The summed E-state index contributed by atoms with van der Waals surface area (Å²) >= 11 is 0. The zero-order valence-electron chi connectivity index (χ0n) is 9.39. The summed E-state index contributed by atoms with van der Waals surface area (Å²) in [7, 11) is 0. The summed E-state index contributed by atoms with van der Waals surface area (Å²) in [5, 5.41) is 4.41. The molecule has 2 N–H and O–H groups in total. The van der Waals surface area contributed by atoms with Crippen molar-refractivity contribution in [3.05, 3.63) is 18.0 Å². The van der Waals surface area contributed by atoms with E-state index >= 15 is 0 Å². The van der Waals surface area contributed by atoms with Crippen molar-refractivity contribution < 1.29 is 0 Å². The SMILES string of the molecule is CCN1CC(n2nccc2CCCN)C1. The van der Waals surface area contributed by atoms with Crippen LogP contribution in [0.5, 0.6) is 0 Å². The van der Waals surface area contributed by atoms with Gasteiger partial charge in [-0.2, -0.15) is 5.10 Å². The van der Waals surface area contributed by atoms with Gasteiger partial charge in [0.2, 0.25) is 0 Å². The molecule has 0 bridgehead atoms. The van der Waals surface area contributed by atoms with Gasteiger partial charge in [-0.1, -0.05) is 6.92 Å². The van der Waals surface area contributed by atoms with E-state index in [-0.39, 0.29) is 0 Å². The van der Waals surface area contributed by atoms with Gasteiger partial charge in [0, 0.05) is 25.0 Å². The van der Waals surface area contributed by atoms with E-state index < -0.39 is 0 Å². The Kier molecular flexibility index (Phi) is 3.38. The third kappa shape index (κ3) is 2.21. The minimum Gasteiger partial charge on any atom is -0.330 e. The van der Waals surface area contributed by atoms with Gasteiger partial charge >= 0.3 is 0 Å². The molecule has 0 spiro atoms. The molecule has 0 unspecified atom stereocenters. The summed E-state index contributed by atoms with van der Waals surface area (Å²) in [5.74, 6) is 0. The van der Waals surface area contributed by atoms with E-state index in [1.807, 2.05) is 6.20 Å². The van der Waals surface area contributed by atoms with E-state index in [2.05, 4.69) is 27.7 Å². The topological polar surface area (TPSA) is 47.1 Å². The van der Waals surface area contributed by atoms with Crippen LogP contribution in [-0.4, -0.2) is 40.9 Å². The largest absolute Gasteiger partial charge is 0.330 e. The minimum absolute atomic E-state index is 0.590. The Morgan fingerprint density at radius 3 is 3.00 bits per heavy atom. The third-order valence-electron chi connectivity index (χ3n) is 3.12. The number of likely N-dealkylation sites (tertiary alicyclic amines) is 1. The molecule has 1 aromatic rings. The smallest absolute Gasteiger partial charge is 0.0775 e. The number of rotatable bonds is 5. The molecule has 1 aliphatic heterocycles. The number of nitrogens with two attached hydrogens (primary N) is 1. The maximum Gasteiger partial charge on any atom is 0.0775 e. The van der Waals surface area contributed by atoms with Crippen LogP contribution in [0.2, 0.25) is 0 Å². The molecular formula is C11H20N4. The Balaban J connectivity index is 1.94. The van der Waals surface area contributed by atoms with Crippen LogP contribution >= 0.6 is 0 Å². The highest BCUT2D eigenvalue weighted by Gasteiger charge is 2.28. The monoisotopic (exact) mass is 208 g/mol. The van der Waals surface area contributed by atoms with Gasteiger partial charge in [-0.05, 0) is 32.0 Å². The lowest BCUT2D eigenvalue weighted by Gasteiger charge is -2.39. The van der Waals surface area contributed by atoms with Crippen LogP contribution in [0.15, 0.2) is 12.3 Å². The fourth-order valence-corrected chi connectivity index (χ4v) is 2.11. The van der Waals surface area contributed by atoms with E-state index in [4.69, 9.17) is 5.73 Å². The maximum atomic E-state index is 5.52. The fraction of sp³-hybridized carbons (Fsp3) is 0.727. The van der Waals surface area contributed by atoms with Gasteiger partial charge in [0.1, 0.15) is 0 Å². The molecular weight excluding hydrogens is 188 g/mol. The molecule has 0 atom stereocenters. The lowest BCUT2D eigenvalue weighted by atomic mass is 10.1. The van der Waals surface area contributed by atoms with E-state index in [1.54, 1.807) is 0 Å². The first kappa shape index (κ1) is 10.6. The molecule has 15 heavy (non-hydrogen) atoms. The lowest BCUT2D eigenvalue weighted by molar-refractivity contribution is 0.103. The summed E-state index contributed by atoms with van der Waals surface area (Å²) < 4.78 is 2.18. The Morgan fingerprint density at radius 2 is 2.33 bits per heavy atom. The number of hydrogen-bond donors (Lipinski definition) is 1. The van der Waals surface area contributed by atoms with Gasteiger partial charge in [-0.15, -0.1) is 0 Å². The summed E-state index contributed by atoms with van der Waals surface area (Å²) in [6.07, 6.45) is 4.01. The number of likely N-dealkylation sites (N-methyl/N-ethyl adjacent to an activating group) is 1. The molecule has 1 saturated heterocycles. The van der Waals surface area contributed by atoms with Gasteiger partial charge in [0.05, 0.1) is 6.04 Å². The molecule has 0 radical (unpaired) electrons. The summed E-state index contributed by atoms with van der Waals surface area (Å²) in [6.45, 7) is 6.41. The summed E-state index contributed by atoms with van der Waals surface area (Å²) in [4.78, 5) is 2.43. The van der Waals surface area contributed by atoms with Crippen LogP contribution in [-0.2, 0) is 6.42 Å². The first-order valence-corrected chi connectivity index (χ1v) is 5.80. The zero-order chi connectivity index (χ0) is 10.7. The fourth-order valence-electron chi connectivity index (χ4n) is 2.11. The highest BCUT2D eigenvalue weighted by Crippen LogP contribution is 2.21. The highest BCUT2D eigenvalue weighted by molar-refractivity contribution is 5.04. The van der Waals surface area contributed by atoms with Crippen molar-refractivity contribution in [2.45, 2.75) is 25.8 Å². The maximum absolute atomic E-state index is 5.52. The highest BCUT2D eigenvalue weighted by atomic mass is 15.4. The van der Waals surface area contributed by atoms with Crippen LogP contribution in [0.4, 0.5) is 0 Å². The van der Waals surface area contributed by atoms with Crippen molar-refractivity contribution >= 4 is 0 Å². The van der Waals surface area contributed by atoms with Gasteiger partial charge in [-0.25, -0.2) is 0 Å². The van der Waals surface area contributed by atoms with Crippen LogP contribution in [0.25, 0.3) is 0 Å². The molecule has 2 heterocycles. The Morgan fingerprint density at radius 1 is 1.53 bits per heavy atom. The number of aromatic nitrogens is 2. The normalized spacial score (nSPS) is 18.0. The molecule has 4 nitrogen and oxygen atoms in total. The van der Waals surface area contributed by atoms with Gasteiger partial charge in [-0.3, -0.25) is 9.58 Å². The minimum atomic E-state index is 0.590. The molecule has 2 rings (SSSR count). The lowest BCUT2D eigenvalue weighted by Crippen LogP contribution is -2.48. The number of nitrogens with zero attached hydrogens (tertiary/aromatic N) is 3. The third-order valence-corrected chi connectivity index (χ3v) is 3.12. The predicted octanol–water partition coefficient (Wildman–Crippen LogP) is 0.651. The van der Waals surface area contributed by atoms with E-state index in [0.717, 1.165) is 39.0 Å². The summed E-state index contributed by atoms with van der Waals surface area (Å²) in [6, 6.07) is 2.71. The molecule has 1 fully saturated rings. The van der Waals surface area contributed by atoms with Crippen molar-refractivity contribution in [3.8, 4) is 0 Å². The van der Waals surface area contributed by atoms with Crippen molar-refractivity contribution in [1.29, 1.82) is 0 Å². The summed E-state index contributed by atoms with van der Waals surface area (Å²) in [5.41, 5.74) is 6.86. The first-order chi connectivity index (χ1) is 7.35. The Bertz CT molecular complexity index is 301. The molecule has 84 valence electrons. The molecule has 0 amide bonds. The van der Waals surface area contributed by atoms with Crippen molar-refractivity contribution in [1.82, 2.24) is 14.7 Å². The quantitative estimate of drug-likeness (QED) is 0.773. The molecule has 1 aliphatic rings. The van der Waals surface area contributed by atoms with Crippen molar-refractivity contribution in [2.24, 2.45) is 5.73 Å². The van der Waals surface area contributed by atoms with Crippen LogP contribution in [0.1, 0.15) is 25.1 Å². The van der Waals surface area contributed by atoms with Gasteiger partial charge < -0.3 is 5.73 Å². The predicted molar refractivity (Wildman–Crippen MR) is 60.8 cm³/mol. The molecule has 0 saturated carbocycles. The average molecular weight is 208 g/mol. The number of hydrogen-bond acceptors (Lipinski definition) is 3. The van der Waals surface area contributed by atoms with Crippen molar-refractivity contribution in [2.75, 3.05) is 26.2 Å². The van der Waals surface area contributed by atoms with E-state index in [1.165, 1.54) is 5.69 Å². The first-order valence-electron chi connectivity index (χ1n) is 5.80. The van der Waals surface area contributed by atoms with Crippen LogP contribution < -0.4 is 5.73 Å². The van der Waals surface area contributed by atoms with Gasteiger partial charge in [0.15, 0.2) is 0 Å². The molecule has 4 heteroatoms. The standard InChI is InChI=1S/C11H20N4/c1-2-14-8-11(9-14)15-10(4-3-6-12)5-7-13-15/h5,7,11H,2-4,6,8-9,12H2,1H3. The second-order valence-electron chi connectivity index (χ2n) is 4.17. The Labute approximate surface area is 91.1 Å². The molecule has 1 aromatic heterocycles. The molecule has 0 aromatic carbocycles. The second kappa shape index (κ2) is 4.77. The van der Waals surface area contributed by atoms with Crippen molar-refractivity contribution in [3.63, 3.8) is 0 Å². The second-order valence-corrected chi connectivity index (χ2v) is 4.17. The zero-order valence-corrected chi connectivity index (χ0v) is 9.39. The van der Waals surface area contributed by atoms with Gasteiger partial charge in [0.25, 0.3) is 0 Å². The van der Waals surface area contributed by atoms with E-state index in [0.29, 0.717) is 6.04 Å². The Hall–Kier alpha value is -0.870. The van der Waals surface area contributed by atoms with Crippen LogP contribution in [0, 0.1) is 0 Å². The number of aryl methyl sites for hydroxylation is 1. The van der Waals surface area contributed by atoms with E-state index in [9.17, 15) is 0 Å². The molecule has 0 aliphatic carbocycles.